The quantitative estimate of drug-likeness (QED) is 0.431. The van der Waals surface area contributed by atoms with Crippen LogP contribution in [0.3, 0.4) is 0 Å². The molecular weight excluding hydrogens is 408 g/mol. The molecule has 1 amide bonds. The summed E-state index contributed by atoms with van der Waals surface area (Å²) in [5.41, 5.74) is 3.37. The lowest BCUT2D eigenvalue weighted by Gasteiger charge is -2.30. The average molecular weight is 432 g/mol. The average Bonchev–Trinajstić information content (AvgIpc) is 3.43. The van der Waals surface area contributed by atoms with Crippen LogP contribution in [0.5, 0.6) is 0 Å². The van der Waals surface area contributed by atoms with Crippen molar-refractivity contribution >= 4 is 39.9 Å². The Labute approximate surface area is 184 Å². The number of carbonyl (C=O) groups excluding carboxylic acids is 1. The minimum atomic E-state index is -1.03. The number of rotatable bonds is 6. The lowest BCUT2D eigenvalue weighted by molar-refractivity contribution is -0.142. The number of carbonyl (C=O) groups is 2. The first-order valence-electron chi connectivity index (χ1n) is 10.8. The molecule has 3 heterocycles. The van der Waals surface area contributed by atoms with Crippen molar-refractivity contribution in [1.82, 2.24) is 15.3 Å². The van der Waals surface area contributed by atoms with E-state index in [1.54, 1.807) is 0 Å². The third-order valence-electron chi connectivity index (χ3n) is 6.13. The topological polar surface area (TPSA) is 111 Å². The van der Waals surface area contributed by atoms with Gasteiger partial charge in [-0.15, -0.1) is 0 Å². The van der Waals surface area contributed by atoms with Gasteiger partial charge in [-0.25, -0.2) is 4.79 Å². The number of fused-ring (bicyclic) bond motifs is 2. The van der Waals surface area contributed by atoms with Crippen LogP contribution in [-0.4, -0.2) is 46.1 Å². The van der Waals surface area contributed by atoms with Crippen LogP contribution in [0, 0.1) is 5.92 Å². The van der Waals surface area contributed by atoms with Gasteiger partial charge in [0.15, 0.2) is 5.58 Å². The molecule has 32 heavy (non-hydrogen) atoms. The molecule has 1 saturated heterocycles. The largest absolute Gasteiger partial charge is 0.480 e. The maximum atomic E-state index is 12.8. The lowest BCUT2D eigenvalue weighted by atomic mass is 9.95. The highest BCUT2D eigenvalue weighted by Gasteiger charge is 2.30. The summed E-state index contributed by atoms with van der Waals surface area (Å²) in [6.45, 7) is 1.26. The standard InChI is InChI=1S/C24H24N4O4/c29-22(26-20(23(30)31)13-16-14-25-18-6-2-1-5-17(16)18)15-9-11-28(12-10-15)24-27-19-7-3-4-8-21(19)32-24/h1-8,14-15,20,25H,9-13H2,(H,26,29)(H,30,31)/t20-/m0/s1. The SMILES string of the molecule is O=C(N[C@@H](Cc1c[nH]c2ccccc12)C(=O)O)C1CCN(c2nc3ccccc3o2)CC1. The number of H-pyrrole nitrogens is 1. The maximum absolute atomic E-state index is 12.8. The van der Waals surface area contributed by atoms with E-state index in [9.17, 15) is 14.7 Å². The third-order valence-corrected chi connectivity index (χ3v) is 6.13. The molecule has 4 aromatic rings. The first kappa shape index (κ1) is 20.1. The van der Waals surface area contributed by atoms with E-state index in [2.05, 4.69) is 15.3 Å². The van der Waals surface area contributed by atoms with Crippen LogP contribution in [0.4, 0.5) is 6.01 Å². The van der Waals surface area contributed by atoms with Crippen molar-refractivity contribution in [1.29, 1.82) is 0 Å². The summed E-state index contributed by atoms with van der Waals surface area (Å²) in [4.78, 5) is 34.4. The van der Waals surface area contributed by atoms with E-state index >= 15 is 0 Å². The first-order valence-corrected chi connectivity index (χ1v) is 10.8. The second kappa shape index (κ2) is 8.37. The van der Waals surface area contributed by atoms with Gasteiger partial charge in [0, 0.05) is 42.5 Å². The van der Waals surface area contributed by atoms with E-state index in [4.69, 9.17) is 4.42 Å². The zero-order valence-electron chi connectivity index (χ0n) is 17.5. The Hall–Kier alpha value is -3.81. The third kappa shape index (κ3) is 3.91. The van der Waals surface area contributed by atoms with Gasteiger partial charge in [-0.3, -0.25) is 4.79 Å². The number of amides is 1. The van der Waals surface area contributed by atoms with Crippen LogP contribution in [0.15, 0.2) is 59.1 Å². The number of aromatic amines is 1. The van der Waals surface area contributed by atoms with Gasteiger partial charge in [-0.2, -0.15) is 4.98 Å². The minimum Gasteiger partial charge on any atom is -0.480 e. The van der Waals surface area contributed by atoms with Crippen molar-refractivity contribution in [2.24, 2.45) is 5.92 Å². The number of hydrogen-bond donors (Lipinski definition) is 3. The monoisotopic (exact) mass is 432 g/mol. The van der Waals surface area contributed by atoms with E-state index in [0.717, 1.165) is 27.6 Å². The molecule has 2 aromatic heterocycles. The number of anilines is 1. The molecule has 0 saturated carbocycles. The molecule has 0 unspecified atom stereocenters. The van der Waals surface area contributed by atoms with Gasteiger partial charge < -0.3 is 24.7 Å². The molecule has 1 atom stereocenters. The Bertz CT molecular complexity index is 1240. The number of nitrogens with zero attached hydrogens (tertiary/aromatic N) is 2. The van der Waals surface area contributed by atoms with Gasteiger partial charge in [0.05, 0.1) is 0 Å². The summed E-state index contributed by atoms with van der Waals surface area (Å²) < 4.78 is 5.83. The van der Waals surface area contributed by atoms with Gasteiger partial charge >= 0.3 is 5.97 Å². The molecule has 0 bridgehead atoms. The predicted molar refractivity (Wildman–Crippen MR) is 121 cm³/mol. The molecule has 1 aliphatic rings. The van der Waals surface area contributed by atoms with Crippen LogP contribution < -0.4 is 10.2 Å². The Morgan fingerprint density at radius 2 is 1.91 bits per heavy atom. The Morgan fingerprint density at radius 3 is 2.69 bits per heavy atom. The first-order chi connectivity index (χ1) is 15.6. The van der Waals surface area contributed by atoms with Crippen molar-refractivity contribution in [2.45, 2.75) is 25.3 Å². The van der Waals surface area contributed by atoms with Crippen molar-refractivity contribution in [2.75, 3.05) is 18.0 Å². The Morgan fingerprint density at radius 1 is 1.16 bits per heavy atom. The minimum absolute atomic E-state index is 0.213. The molecule has 3 N–H and O–H groups in total. The Balaban J connectivity index is 1.21. The number of hydrogen-bond acceptors (Lipinski definition) is 5. The lowest BCUT2D eigenvalue weighted by Crippen LogP contribution is -2.47. The predicted octanol–water partition coefficient (Wildman–Crippen LogP) is 3.34. The number of para-hydroxylation sites is 3. The number of aromatic nitrogens is 2. The van der Waals surface area contributed by atoms with Crippen molar-refractivity contribution in [3.63, 3.8) is 0 Å². The molecule has 2 aromatic carbocycles. The summed E-state index contributed by atoms with van der Waals surface area (Å²) in [5.74, 6) is -1.48. The molecule has 1 fully saturated rings. The second-order valence-electron chi connectivity index (χ2n) is 8.19. The molecule has 8 heteroatoms. The summed E-state index contributed by atoms with van der Waals surface area (Å²) >= 11 is 0. The van der Waals surface area contributed by atoms with Crippen LogP contribution in [0.1, 0.15) is 18.4 Å². The number of piperidine rings is 1. The highest BCUT2D eigenvalue weighted by Crippen LogP contribution is 2.26. The van der Waals surface area contributed by atoms with Crippen LogP contribution in [-0.2, 0) is 16.0 Å². The summed E-state index contributed by atoms with van der Waals surface area (Å²) in [5, 5.41) is 13.4. The fourth-order valence-electron chi connectivity index (χ4n) is 4.34. The van der Waals surface area contributed by atoms with Gasteiger partial charge in [0.1, 0.15) is 11.6 Å². The second-order valence-corrected chi connectivity index (χ2v) is 8.19. The van der Waals surface area contributed by atoms with Crippen molar-refractivity contribution in [3.05, 3.63) is 60.3 Å². The Kier molecular flexibility index (Phi) is 5.26. The summed E-state index contributed by atoms with van der Waals surface area (Å²) in [6, 6.07) is 14.9. The van der Waals surface area contributed by atoms with E-state index in [1.165, 1.54) is 0 Å². The summed E-state index contributed by atoms with van der Waals surface area (Å²) in [7, 11) is 0. The van der Waals surface area contributed by atoms with E-state index in [-0.39, 0.29) is 18.2 Å². The highest BCUT2D eigenvalue weighted by molar-refractivity contribution is 5.87. The molecule has 1 aliphatic heterocycles. The maximum Gasteiger partial charge on any atom is 0.326 e. The van der Waals surface area contributed by atoms with Gasteiger partial charge in [-0.05, 0) is 36.6 Å². The van der Waals surface area contributed by atoms with Gasteiger partial charge in [0.2, 0.25) is 5.91 Å². The van der Waals surface area contributed by atoms with Crippen LogP contribution >= 0.6 is 0 Å². The fraction of sp³-hybridized carbons (Fsp3) is 0.292. The van der Waals surface area contributed by atoms with Crippen molar-refractivity contribution < 1.29 is 19.1 Å². The molecule has 8 nitrogen and oxygen atoms in total. The van der Waals surface area contributed by atoms with E-state index in [0.29, 0.717) is 31.9 Å². The number of nitrogens with one attached hydrogen (secondary N) is 2. The number of benzene rings is 2. The molecular formula is C24H24N4O4. The number of carboxylic acid groups (broad SMARTS) is 1. The van der Waals surface area contributed by atoms with Crippen molar-refractivity contribution in [3.8, 4) is 0 Å². The number of aliphatic carboxylic acids is 1. The fourth-order valence-corrected chi connectivity index (χ4v) is 4.34. The van der Waals surface area contributed by atoms with Crippen LogP contribution in [0.2, 0.25) is 0 Å². The molecule has 5 rings (SSSR count). The molecule has 0 radical (unpaired) electrons. The number of carboxylic acids is 1. The molecule has 164 valence electrons. The van der Waals surface area contributed by atoms with Gasteiger partial charge in [-0.1, -0.05) is 30.3 Å². The molecule has 0 aliphatic carbocycles. The normalized spacial score (nSPS) is 15.8. The van der Waals surface area contributed by atoms with Crippen LogP contribution in [0.25, 0.3) is 22.0 Å². The van der Waals surface area contributed by atoms with E-state index < -0.39 is 12.0 Å². The summed E-state index contributed by atoms with van der Waals surface area (Å²) in [6.07, 6.45) is 3.27. The smallest absolute Gasteiger partial charge is 0.326 e. The zero-order valence-corrected chi connectivity index (χ0v) is 17.5. The number of oxazole rings is 1. The molecule has 0 spiro atoms. The zero-order chi connectivity index (χ0) is 22.1. The van der Waals surface area contributed by atoms with E-state index in [1.807, 2.05) is 59.6 Å². The highest BCUT2D eigenvalue weighted by atomic mass is 16.4. The van der Waals surface area contributed by atoms with Gasteiger partial charge in [0.25, 0.3) is 6.01 Å².